The quantitative estimate of drug-likeness (QED) is 0.822. The lowest BCUT2D eigenvalue weighted by molar-refractivity contribution is -0.138. The highest BCUT2D eigenvalue weighted by atomic mass is 32.1. The topological polar surface area (TPSA) is 104 Å². The van der Waals surface area contributed by atoms with Crippen LogP contribution in [0.15, 0.2) is 11.4 Å². The van der Waals surface area contributed by atoms with Crippen molar-refractivity contribution in [2.45, 2.75) is 13.0 Å². The van der Waals surface area contributed by atoms with Crippen molar-refractivity contribution in [2.24, 2.45) is 5.73 Å². The lowest BCUT2D eigenvalue weighted by Crippen LogP contribution is -2.49. The molecule has 0 atom stereocenters. The molecular weight excluding hydrogens is 282 g/mol. The van der Waals surface area contributed by atoms with Crippen LogP contribution in [0.4, 0.5) is 4.79 Å². The summed E-state index contributed by atoms with van der Waals surface area (Å²) in [5.41, 5.74) is 6.13. The number of nitrogens with two attached hydrogens (primary N) is 1. The van der Waals surface area contributed by atoms with Crippen LogP contribution in [0.2, 0.25) is 0 Å². The minimum Gasteiger partial charge on any atom is -0.480 e. The van der Waals surface area contributed by atoms with E-state index in [1.165, 1.54) is 4.88 Å². The first-order valence-electron chi connectivity index (χ1n) is 6.06. The second-order valence-electron chi connectivity index (χ2n) is 4.54. The van der Waals surface area contributed by atoms with Crippen LogP contribution in [-0.4, -0.2) is 52.4 Å². The van der Waals surface area contributed by atoms with Crippen LogP contribution in [0.3, 0.4) is 0 Å². The summed E-state index contributed by atoms with van der Waals surface area (Å²) < 4.78 is 0. The first-order valence-corrected chi connectivity index (χ1v) is 6.94. The predicted octanol–water partition coefficient (Wildman–Crippen LogP) is 0.0981. The van der Waals surface area contributed by atoms with Crippen LogP contribution in [0, 0.1) is 0 Å². The molecule has 3 amide bonds. The maximum Gasteiger partial charge on any atom is 0.323 e. The van der Waals surface area contributed by atoms with Crippen molar-refractivity contribution >= 4 is 29.2 Å². The van der Waals surface area contributed by atoms with Crippen LogP contribution in [-0.2, 0) is 22.6 Å². The summed E-state index contributed by atoms with van der Waals surface area (Å²) in [6.45, 7) is 0.0284. The molecule has 0 saturated heterocycles. The fourth-order valence-electron chi connectivity index (χ4n) is 2.15. The van der Waals surface area contributed by atoms with Gasteiger partial charge < -0.3 is 20.6 Å². The Kier molecular flexibility index (Phi) is 4.23. The number of urea groups is 1. The standard InChI is InChI=1S/C12H15N3O4S/c13-10(16)6-15(7-11(17)18)12(19)14-3-1-9-8(5-14)2-4-20-9/h2,4H,1,3,5-7H2,(H2,13,16)(H,17,18). The van der Waals surface area contributed by atoms with Gasteiger partial charge in [0.25, 0.3) is 0 Å². The van der Waals surface area contributed by atoms with E-state index in [1.54, 1.807) is 16.2 Å². The smallest absolute Gasteiger partial charge is 0.323 e. The molecule has 1 aliphatic rings. The van der Waals surface area contributed by atoms with Gasteiger partial charge in [0, 0.05) is 18.0 Å². The highest BCUT2D eigenvalue weighted by Gasteiger charge is 2.27. The number of thiophene rings is 1. The van der Waals surface area contributed by atoms with Crippen molar-refractivity contribution in [3.05, 3.63) is 21.9 Å². The van der Waals surface area contributed by atoms with Crippen molar-refractivity contribution in [3.8, 4) is 0 Å². The van der Waals surface area contributed by atoms with Crippen LogP contribution < -0.4 is 5.73 Å². The van der Waals surface area contributed by atoms with E-state index < -0.39 is 31.0 Å². The zero-order chi connectivity index (χ0) is 14.7. The Hall–Kier alpha value is -2.09. The average Bonchev–Trinajstić information content (AvgIpc) is 2.83. The molecule has 0 bridgehead atoms. The van der Waals surface area contributed by atoms with Crippen molar-refractivity contribution in [3.63, 3.8) is 0 Å². The van der Waals surface area contributed by atoms with Gasteiger partial charge in [-0.3, -0.25) is 9.59 Å². The number of primary amides is 1. The maximum atomic E-state index is 12.3. The monoisotopic (exact) mass is 297 g/mol. The van der Waals surface area contributed by atoms with Crippen molar-refractivity contribution in [1.29, 1.82) is 0 Å². The zero-order valence-corrected chi connectivity index (χ0v) is 11.6. The number of carbonyl (C=O) groups is 3. The number of hydrogen-bond acceptors (Lipinski definition) is 4. The van der Waals surface area contributed by atoms with E-state index in [0.29, 0.717) is 13.1 Å². The molecular formula is C12H15N3O4S. The van der Waals surface area contributed by atoms with Gasteiger partial charge in [-0.25, -0.2) is 4.79 Å². The first-order chi connectivity index (χ1) is 9.47. The van der Waals surface area contributed by atoms with Crippen molar-refractivity contribution < 1.29 is 19.5 Å². The third-order valence-electron chi connectivity index (χ3n) is 3.02. The number of rotatable bonds is 4. The van der Waals surface area contributed by atoms with Gasteiger partial charge in [0.15, 0.2) is 0 Å². The van der Waals surface area contributed by atoms with E-state index in [2.05, 4.69) is 0 Å². The molecule has 0 aromatic carbocycles. The maximum absolute atomic E-state index is 12.3. The molecule has 0 spiro atoms. The number of carboxylic acid groups (broad SMARTS) is 1. The Bertz CT molecular complexity index is 527. The third-order valence-corrected chi connectivity index (χ3v) is 4.04. The molecule has 2 rings (SSSR count). The van der Waals surface area contributed by atoms with E-state index in [-0.39, 0.29) is 0 Å². The summed E-state index contributed by atoms with van der Waals surface area (Å²) >= 11 is 1.65. The molecule has 8 heteroatoms. The third kappa shape index (κ3) is 3.27. The number of nitrogens with zero attached hydrogens (tertiary/aromatic N) is 2. The van der Waals surface area contributed by atoms with Crippen LogP contribution in [0.1, 0.15) is 10.4 Å². The minimum absolute atomic E-state index is 0.391. The number of aliphatic carboxylic acids is 1. The highest BCUT2D eigenvalue weighted by Crippen LogP contribution is 2.24. The molecule has 108 valence electrons. The lowest BCUT2D eigenvalue weighted by atomic mass is 10.1. The Labute approximate surface area is 119 Å². The molecule has 20 heavy (non-hydrogen) atoms. The van der Waals surface area contributed by atoms with Crippen molar-refractivity contribution in [2.75, 3.05) is 19.6 Å². The number of carbonyl (C=O) groups excluding carboxylic acids is 2. The Morgan fingerprint density at radius 3 is 2.80 bits per heavy atom. The van der Waals surface area contributed by atoms with Gasteiger partial charge >= 0.3 is 12.0 Å². The van der Waals surface area contributed by atoms with E-state index in [4.69, 9.17) is 10.8 Å². The summed E-state index contributed by atoms with van der Waals surface area (Å²) in [6.07, 6.45) is 0.746. The highest BCUT2D eigenvalue weighted by molar-refractivity contribution is 7.10. The van der Waals surface area contributed by atoms with Crippen LogP contribution >= 0.6 is 11.3 Å². The minimum atomic E-state index is -1.17. The van der Waals surface area contributed by atoms with Gasteiger partial charge in [-0.1, -0.05) is 0 Å². The molecule has 0 fully saturated rings. The van der Waals surface area contributed by atoms with Crippen LogP contribution in [0.25, 0.3) is 0 Å². The summed E-state index contributed by atoms with van der Waals surface area (Å²) in [6, 6.07) is 1.48. The van der Waals surface area contributed by atoms with Gasteiger partial charge in [-0.15, -0.1) is 11.3 Å². The van der Waals surface area contributed by atoms with E-state index in [0.717, 1.165) is 16.9 Å². The van der Waals surface area contributed by atoms with E-state index in [9.17, 15) is 14.4 Å². The van der Waals surface area contributed by atoms with Crippen LogP contribution in [0.5, 0.6) is 0 Å². The number of carboxylic acids is 1. The van der Waals surface area contributed by atoms with Gasteiger partial charge in [0.05, 0.1) is 0 Å². The molecule has 1 aromatic heterocycles. The second kappa shape index (κ2) is 5.91. The second-order valence-corrected chi connectivity index (χ2v) is 5.54. The number of hydrogen-bond donors (Lipinski definition) is 2. The summed E-state index contributed by atoms with van der Waals surface area (Å²) in [7, 11) is 0. The molecule has 2 heterocycles. The lowest BCUT2D eigenvalue weighted by Gasteiger charge is -2.31. The molecule has 1 aromatic rings. The summed E-state index contributed by atoms with van der Waals surface area (Å²) in [5.74, 6) is -1.90. The fraction of sp³-hybridized carbons (Fsp3) is 0.417. The number of amides is 3. The van der Waals surface area contributed by atoms with Crippen molar-refractivity contribution in [1.82, 2.24) is 9.80 Å². The summed E-state index contributed by atoms with van der Waals surface area (Å²) in [5, 5.41) is 10.8. The SMILES string of the molecule is NC(=O)CN(CC(=O)O)C(=O)N1CCc2sccc2C1. The largest absolute Gasteiger partial charge is 0.480 e. The van der Waals surface area contributed by atoms with Gasteiger partial charge in [0.2, 0.25) is 5.91 Å². The Morgan fingerprint density at radius 1 is 1.40 bits per heavy atom. The average molecular weight is 297 g/mol. The Balaban J connectivity index is 2.08. The molecule has 0 radical (unpaired) electrons. The first kappa shape index (κ1) is 14.3. The van der Waals surface area contributed by atoms with Gasteiger partial charge in [-0.2, -0.15) is 0 Å². The predicted molar refractivity (Wildman–Crippen MR) is 72.2 cm³/mol. The Morgan fingerprint density at radius 2 is 2.15 bits per heavy atom. The normalized spacial score (nSPS) is 13.7. The molecule has 1 aliphatic heterocycles. The van der Waals surface area contributed by atoms with E-state index in [1.807, 2.05) is 11.4 Å². The number of fused-ring (bicyclic) bond motifs is 1. The molecule has 7 nitrogen and oxygen atoms in total. The van der Waals surface area contributed by atoms with E-state index >= 15 is 0 Å². The van der Waals surface area contributed by atoms with Gasteiger partial charge in [0.1, 0.15) is 13.1 Å². The fourth-order valence-corrected chi connectivity index (χ4v) is 3.04. The molecule has 0 unspecified atom stereocenters. The zero-order valence-electron chi connectivity index (χ0n) is 10.7. The van der Waals surface area contributed by atoms with Gasteiger partial charge in [-0.05, 0) is 23.4 Å². The summed E-state index contributed by atoms with van der Waals surface area (Å²) in [4.78, 5) is 37.8. The molecule has 0 saturated carbocycles. The molecule has 0 aliphatic carbocycles. The molecule has 3 N–H and O–H groups in total.